The van der Waals surface area contributed by atoms with Crippen LogP contribution in [0, 0.1) is 5.82 Å². The molecule has 0 unspecified atom stereocenters. The highest BCUT2D eigenvalue weighted by Crippen LogP contribution is 2.20. The van der Waals surface area contributed by atoms with Gasteiger partial charge in [-0.05, 0) is 76.1 Å². The summed E-state index contributed by atoms with van der Waals surface area (Å²) in [5.41, 5.74) is 3.51. The molecule has 1 aromatic heterocycles. The lowest BCUT2D eigenvalue weighted by Crippen LogP contribution is -3.00. The van der Waals surface area contributed by atoms with Gasteiger partial charge in [0, 0.05) is 4.80 Å². The van der Waals surface area contributed by atoms with Crippen molar-refractivity contribution in [3.05, 3.63) is 121 Å². The van der Waals surface area contributed by atoms with Crippen LogP contribution in [0.3, 0.4) is 0 Å². The Morgan fingerprint density at radius 1 is 0.758 bits per heavy atom. The van der Waals surface area contributed by atoms with Gasteiger partial charge in [0.05, 0.1) is 10.7 Å². The number of ether oxygens (including phenoxy) is 1. The highest BCUT2D eigenvalue weighted by molar-refractivity contribution is 5.55. The van der Waals surface area contributed by atoms with Crippen molar-refractivity contribution in [2.24, 2.45) is 0 Å². The predicted molar refractivity (Wildman–Crippen MR) is 119 cm³/mol. The summed E-state index contributed by atoms with van der Waals surface area (Å²) in [4.78, 5) is 3.35. The SMILES string of the molecule is Fc1ccc(-[n+]2nc(-c3ccc(OCc4ccccc4)cc3)nn2-c2ccccc2)cc1.[Cl-]. The lowest BCUT2D eigenvalue weighted by atomic mass is 10.2. The lowest BCUT2D eigenvalue weighted by Gasteiger charge is -2.05. The van der Waals surface area contributed by atoms with Gasteiger partial charge in [-0.2, -0.15) is 0 Å². The first-order valence-electron chi connectivity index (χ1n) is 10.2. The lowest BCUT2D eigenvalue weighted by molar-refractivity contribution is -0.734. The molecule has 33 heavy (non-hydrogen) atoms. The topological polar surface area (TPSA) is 43.8 Å². The number of para-hydroxylation sites is 1. The van der Waals surface area contributed by atoms with E-state index in [1.54, 1.807) is 21.7 Å². The van der Waals surface area contributed by atoms with Gasteiger partial charge in [-0.15, -0.1) is 0 Å². The average Bonchev–Trinajstić information content (AvgIpc) is 3.30. The standard InChI is InChI=1S/C26H20FN4O.ClH/c27-22-13-15-24(16-14-22)31-29-26(28-30(31)23-9-5-2-6-10-23)21-11-17-25(18-12-21)32-19-20-7-3-1-4-8-20;/h1-18H,19H2;1H/q+1;/p-1. The van der Waals surface area contributed by atoms with Crippen molar-refractivity contribution in [2.45, 2.75) is 6.61 Å². The Hall–Kier alpha value is -4.03. The summed E-state index contributed by atoms with van der Waals surface area (Å²) < 4.78 is 19.3. The molecular formula is C26H20ClFN4O. The van der Waals surface area contributed by atoms with Crippen molar-refractivity contribution >= 4 is 0 Å². The maximum Gasteiger partial charge on any atom is 0.340 e. The van der Waals surface area contributed by atoms with Gasteiger partial charge in [-0.1, -0.05) is 48.5 Å². The Kier molecular flexibility index (Phi) is 6.76. The minimum atomic E-state index is -0.300. The zero-order chi connectivity index (χ0) is 21.8. The van der Waals surface area contributed by atoms with Crippen molar-refractivity contribution in [1.82, 2.24) is 15.0 Å². The summed E-state index contributed by atoms with van der Waals surface area (Å²) >= 11 is 0. The first-order valence-corrected chi connectivity index (χ1v) is 10.2. The van der Waals surface area contributed by atoms with Crippen LogP contribution in [0.1, 0.15) is 5.56 Å². The van der Waals surface area contributed by atoms with Gasteiger partial charge in [-0.3, -0.25) is 0 Å². The molecule has 5 rings (SSSR count). The molecule has 0 bridgehead atoms. The smallest absolute Gasteiger partial charge is 0.340 e. The van der Waals surface area contributed by atoms with E-state index in [1.165, 1.54) is 12.1 Å². The highest BCUT2D eigenvalue weighted by atomic mass is 35.5. The van der Waals surface area contributed by atoms with Crippen LogP contribution in [0.5, 0.6) is 5.75 Å². The Bertz CT molecular complexity index is 1310. The van der Waals surface area contributed by atoms with Crippen LogP contribution in [0.15, 0.2) is 109 Å². The Balaban J connectivity index is 0.00000259. The molecule has 0 aliphatic rings. The minimum Gasteiger partial charge on any atom is -1.00 e. The Morgan fingerprint density at radius 3 is 2.06 bits per heavy atom. The molecule has 0 aliphatic heterocycles. The predicted octanol–water partition coefficient (Wildman–Crippen LogP) is 1.93. The van der Waals surface area contributed by atoms with Crippen LogP contribution >= 0.6 is 0 Å². The molecule has 164 valence electrons. The van der Waals surface area contributed by atoms with Crippen LogP contribution in [0.25, 0.3) is 22.8 Å². The molecule has 0 atom stereocenters. The summed E-state index contributed by atoms with van der Waals surface area (Å²) in [5.74, 6) is 1.02. The number of rotatable bonds is 6. The molecule has 0 saturated heterocycles. The number of halogens is 2. The number of hydrogen-bond acceptors (Lipinski definition) is 3. The third kappa shape index (κ3) is 5.07. The summed E-state index contributed by atoms with van der Waals surface area (Å²) in [5, 5.41) is 9.39. The van der Waals surface area contributed by atoms with E-state index in [-0.39, 0.29) is 18.2 Å². The van der Waals surface area contributed by atoms with Crippen LogP contribution in [-0.4, -0.2) is 15.0 Å². The molecule has 0 spiro atoms. The summed E-state index contributed by atoms with van der Waals surface area (Å²) in [6.45, 7) is 0.506. The van der Waals surface area contributed by atoms with E-state index in [4.69, 9.17) is 9.84 Å². The second kappa shape index (κ2) is 10.1. The van der Waals surface area contributed by atoms with E-state index in [2.05, 4.69) is 5.10 Å². The fraction of sp³-hybridized carbons (Fsp3) is 0.0385. The van der Waals surface area contributed by atoms with E-state index in [1.807, 2.05) is 84.9 Å². The maximum absolute atomic E-state index is 13.4. The zero-order valence-corrected chi connectivity index (χ0v) is 18.3. The van der Waals surface area contributed by atoms with Crippen molar-refractivity contribution in [3.8, 4) is 28.5 Å². The van der Waals surface area contributed by atoms with Crippen LogP contribution < -0.4 is 21.9 Å². The summed E-state index contributed by atoms with van der Waals surface area (Å²) in [6.07, 6.45) is 0. The molecule has 4 aromatic carbocycles. The monoisotopic (exact) mass is 458 g/mol. The Labute approximate surface area is 197 Å². The van der Waals surface area contributed by atoms with Gasteiger partial charge < -0.3 is 17.1 Å². The molecule has 0 N–H and O–H groups in total. The second-order valence-electron chi connectivity index (χ2n) is 7.21. The second-order valence-corrected chi connectivity index (χ2v) is 7.21. The summed E-state index contributed by atoms with van der Waals surface area (Å²) in [6, 6.07) is 33.6. The number of benzene rings is 4. The highest BCUT2D eigenvalue weighted by Gasteiger charge is 2.23. The van der Waals surface area contributed by atoms with E-state index < -0.39 is 0 Å². The molecule has 5 aromatic rings. The first-order chi connectivity index (χ1) is 15.8. The first kappa shape index (κ1) is 22.2. The number of nitrogens with zero attached hydrogens (tertiary/aromatic N) is 4. The number of aromatic nitrogens is 4. The molecule has 1 heterocycles. The van der Waals surface area contributed by atoms with Crippen molar-refractivity contribution in [2.75, 3.05) is 0 Å². The third-order valence-electron chi connectivity index (χ3n) is 4.96. The van der Waals surface area contributed by atoms with Crippen molar-refractivity contribution < 1.29 is 26.3 Å². The fourth-order valence-electron chi connectivity index (χ4n) is 3.31. The van der Waals surface area contributed by atoms with E-state index in [0.29, 0.717) is 18.1 Å². The van der Waals surface area contributed by atoms with Crippen molar-refractivity contribution in [1.29, 1.82) is 0 Å². The largest absolute Gasteiger partial charge is 1.00 e. The van der Waals surface area contributed by atoms with Crippen molar-refractivity contribution in [3.63, 3.8) is 0 Å². The maximum atomic E-state index is 13.4. The van der Waals surface area contributed by atoms with E-state index >= 15 is 0 Å². The van der Waals surface area contributed by atoms with Crippen LogP contribution in [0.4, 0.5) is 4.39 Å². The quantitative estimate of drug-likeness (QED) is 0.365. The molecule has 0 aliphatic carbocycles. The molecule has 0 radical (unpaired) electrons. The average molecular weight is 459 g/mol. The van der Waals surface area contributed by atoms with Gasteiger partial charge in [0.2, 0.25) is 0 Å². The van der Waals surface area contributed by atoms with Gasteiger partial charge in [0.15, 0.2) is 5.69 Å². The molecule has 7 heteroatoms. The van der Waals surface area contributed by atoms with Gasteiger partial charge in [0.1, 0.15) is 23.9 Å². The fourth-order valence-corrected chi connectivity index (χ4v) is 3.31. The molecule has 5 nitrogen and oxygen atoms in total. The molecule has 0 amide bonds. The zero-order valence-electron chi connectivity index (χ0n) is 17.6. The van der Waals surface area contributed by atoms with Gasteiger partial charge in [-0.25, -0.2) is 4.39 Å². The van der Waals surface area contributed by atoms with E-state index in [9.17, 15) is 4.39 Å². The Morgan fingerprint density at radius 2 is 1.39 bits per heavy atom. The van der Waals surface area contributed by atoms with Gasteiger partial charge >= 0.3 is 5.82 Å². The summed E-state index contributed by atoms with van der Waals surface area (Å²) in [7, 11) is 0. The van der Waals surface area contributed by atoms with Crippen LogP contribution in [0.2, 0.25) is 0 Å². The number of hydrogen-bond donors (Lipinski definition) is 0. The van der Waals surface area contributed by atoms with Crippen LogP contribution in [-0.2, 0) is 6.61 Å². The minimum absolute atomic E-state index is 0. The third-order valence-corrected chi connectivity index (χ3v) is 4.96. The molecule has 0 saturated carbocycles. The molecule has 0 fully saturated rings. The normalized spacial score (nSPS) is 10.5. The van der Waals surface area contributed by atoms with E-state index in [0.717, 1.165) is 22.6 Å². The van der Waals surface area contributed by atoms with Gasteiger partial charge in [0.25, 0.3) is 0 Å². The molecular weight excluding hydrogens is 439 g/mol. The number of tetrazole rings is 1.